The first-order chi connectivity index (χ1) is 16.1. The number of carbonyl (C=O) groups is 2. The molecule has 2 atom stereocenters. The van der Waals surface area contributed by atoms with Gasteiger partial charge in [-0.15, -0.1) is 13.2 Å². The standard InChI is InChI=1S/C24H17Cl2F3N2O3/c25-16-8-11-18-19(30-22(32)14-4-2-1-3-5-14)13-21(26)31(20(18)12-16)23(33)15-6-9-17(10-7-15)34-24(27,28)29/h1-12,19,21H,13H2,(H,30,32). The molecule has 4 rings (SSSR count). The molecule has 2 amide bonds. The summed E-state index contributed by atoms with van der Waals surface area (Å²) in [6.45, 7) is 0. The van der Waals surface area contributed by atoms with E-state index >= 15 is 0 Å². The van der Waals surface area contributed by atoms with Crippen molar-refractivity contribution in [2.24, 2.45) is 0 Å². The Morgan fingerprint density at radius 1 is 0.971 bits per heavy atom. The summed E-state index contributed by atoms with van der Waals surface area (Å²) in [6.07, 6.45) is -4.63. The summed E-state index contributed by atoms with van der Waals surface area (Å²) < 4.78 is 41.1. The zero-order chi connectivity index (χ0) is 24.5. The van der Waals surface area contributed by atoms with E-state index in [1.165, 1.54) is 17.0 Å². The minimum Gasteiger partial charge on any atom is -0.406 e. The number of amides is 2. The van der Waals surface area contributed by atoms with Crippen molar-refractivity contribution in [1.82, 2.24) is 5.32 Å². The number of nitrogens with one attached hydrogen (secondary N) is 1. The second kappa shape index (κ2) is 9.56. The van der Waals surface area contributed by atoms with Gasteiger partial charge in [-0.1, -0.05) is 47.5 Å². The maximum absolute atomic E-state index is 13.3. The number of alkyl halides is 4. The van der Waals surface area contributed by atoms with Crippen molar-refractivity contribution in [3.05, 3.63) is 94.5 Å². The summed E-state index contributed by atoms with van der Waals surface area (Å²) in [6, 6.07) is 17.6. The fourth-order valence-corrected chi connectivity index (χ4v) is 4.28. The lowest BCUT2D eigenvalue weighted by Crippen LogP contribution is -2.45. The van der Waals surface area contributed by atoms with Gasteiger partial charge in [0, 0.05) is 22.6 Å². The van der Waals surface area contributed by atoms with E-state index in [0.717, 1.165) is 12.1 Å². The molecule has 1 aliphatic rings. The molecule has 5 nitrogen and oxygen atoms in total. The molecule has 34 heavy (non-hydrogen) atoms. The molecule has 3 aromatic carbocycles. The van der Waals surface area contributed by atoms with Gasteiger partial charge in [-0.2, -0.15) is 0 Å². The molecule has 0 aromatic heterocycles. The van der Waals surface area contributed by atoms with Gasteiger partial charge in [0.25, 0.3) is 11.8 Å². The number of anilines is 1. The smallest absolute Gasteiger partial charge is 0.406 e. The summed E-state index contributed by atoms with van der Waals surface area (Å²) in [5.74, 6) is -1.28. The van der Waals surface area contributed by atoms with E-state index in [2.05, 4.69) is 10.1 Å². The normalized spacial score (nSPS) is 17.6. The average molecular weight is 509 g/mol. The summed E-state index contributed by atoms with van der Waals surface area (Å²) in [5, 5.41) is 3.29. The number of hydrogen-bond acceptors (Lipinski definition) is 3. The summed E-state index contributed by atoms with van der Waals surface area (Å²) in [4.78, 5) is 27.3. The van der Waals surface area contributed by atoms with Gasteiger partial charge < -0.3 is 10.1 Å². The third-order valence-electron chi connectivity index (χ3n) is 5.23. The third-order valence-corrected chi connectivity index (χ3v) is 5.84. The highest BCUT2D eigenvalue weighted by Gasteiger charge is 2.37. The van der Waals surface area contributed by atoms with Crippen molar-refractivity contribution in [1.29, 1.82) is 0 Å². The molecule has 1 aliphatic heterocycles. The predicted molar refractivity (Wildman–Crippen MR) is 122 cm³/mol. The lowest BCUT2D eigenvalue weighted by atomic mass is 9.95. The average Bonchev–Trinajstić information content (AvgIpc) is 2.78. The summed E-state index contributed by atoms with van der Waals surface area (Å²) in [7, 11) is 0. The maximum Gasteiger partial charge on any atom is 0.573 e. The molecule has 0 radical (unpaired) electrons. The maximum atomic E-state index is 13.3. The van der Waals surface area contributed by atoms with Gasteiger partial charge in [-0.3, -0.25) is 14.5 Å². The van der Waals surface area contributed by atoms with Crippen LogP contribution in [0.15, 0.2) is 72.8 Å². The van der Waals surface area contributed by atoms with Crippen LogP contribution in [0.2, 0.25) is 5.02 Å². The van der Waals surface area contributed by atoms with E-state index in [1.54, 1.807) is 48.5 Å². The van der Waals surface area contributed by atoms with E-state index in [1.807, 2.05) is 0 Å². The largest absolute Gasteiger partial charge is 0.573 e. The van der Waals surface area contributed by atoms with Gasteiger partial charge in [-0.25, -0.2) is 0 Å². The molecule has 10 heteroatoms. The number of halogens is 5. The topological polar surface area (TPSA) is 58.6 Å². The summed E-state index contributed by atoms with van der Waals surface area (Å²) in [5.41, 5.74) is 0.765. The SMILES string of the molecule is O=C(NC1CC(Cl)N(C(=O)c2ccc(OC(F)(F)F)cc2)c2cc(Cl)ccc21)c1ccccc1. The second-order valence-electron chi connectivity index (χ2n) is 7.51. The fourth-order valence-electron chi connectivity index (χ4n) is 3.74. The van der Waals surface area contributed by atoms with Crippen molar-refractivity contribution in [2.75, 3.05) is 4.90 Å². The van der Waals surface area contributed by atoms with Crippen molar-refractivity contribution < 1.29 is 27.5 Å². The Hall–Kier alpha value is -3.23. The summed E-state index contributed by atoms with van der Waals surface area (Å²) >= 11 is 12.8. The first kappa shape index (κ1) is 23.9. The quantitative estimate of drug-likeness (QED) is 0.331. The number of hydrogen-bond donors (Lipinski definition) is 1. The van der Waals surface area contributed by atoms with E-state index in [9.17, 15) is 22.8 Å². The molecule has 0 saturated carbocycles. The van der Waals surface area contributed by atoms with Gasteiger partial charge in [0.15, 0.2) is 0 Å². The third kappa shape index (κ3) is 5.29. The number of benzene rings is 3. The van der Waals surface area contributed by atoms with Crippen LogP contribution < -0.4 is 15.0 Å². The molecule has 3 aromatic rings. The van der Waals surface area contributed by atoms with Crippen LogP contribution in [0, 0.1) is 0 Å². The first-order valence-electron chi connectivity index (χ1n) is 10.1. The fraction of sp³-hybridized carbons (Fsp3) is 0.167. The first-order valence-corrected chi connectivity index (χ1v) is 10.9. The number of carbonyl (C=O) groups excluding carboxylic acids is 2. The van der Waals surface area contributed by atoms with Gasteiger partial charge in [0.1, 0.15) is 11.3 Å². The van der Waals surface area contributed by atoms with Crippen molar-refractivity contribution in [3.8, 4) is 5.75 Å². The van der Waals surface area contributed by atoms with Crippen molar-refractivity contribution in [3.63, 3.8) is 0 Å². The minimum absolute atomic E-state index is 0.109. The van der Waals surface area contributed by atoms with Crippen molar-refractivity contribution in [2.45, 2.75) is 24.3 Å². The Morgan fingerprint density at radius 2 is 1.65 bits per heavy atom. The molecule has 0 spiro atoms. The molecule has 1 N–H and O–H groups in total. The molecule has 0 saturated heterocycles. The van der Waals surface area contributed by atoms with E-state index in [-0.39, 0.29) is 17.9 Å². The van der Waals surface area contributed by atoms with E-state index < -0.39 is 29.6 Å². The monoisotopic (exact) mass is 508 g/mol. The molecule has 0 bridgehead atoms. The molecule has 1 heterocycles. The zero-order valence-electron chi connectivity index (χ0n) is 17.4. The van der Waals surface area contributed by atoms with Crippen LogP contribution in [-0.2, 0) is 0 Å². The number of rotatable bonds is 4. The van der Waals surface area contributed by atoms with Crippen molar-refractivity contribution >= 4 is 40.7 Å². The van der Waals surface area contributed by atoms with Gasteiger partial charge in [0.2, 0.25) is 0 Å². The Kier molecular flexibility index (Phi) is 6.72. The van der Waals surface area contributed by atoms with E-state index in [0.29, 0.717) is 21.8 Å². The number of fused-ring (bicyclic) bond motifs is 1. The minimum atomic E-state index is -4.84. The van der Waals surface area contributed by atoms with Crippen LogP contribution in [0.3, 0.4) is 0 Å². The Bertz CT molecular complexity index is 1200. The zero-order valence-corrected chi connectivity index (χ0v) is 18.9. The van der Waals surface area contributed by atoms with E-state index in [4.69, 9.17) is 23.2 Å². The highest BCUT2D eigenvalue weighted by atomic mass is 35.5. The second-order valence-corrected chi connectivity index (χ2v) is 8.45. The Balaban J connectivity index is 1.62. The molecule has 0 aliphatic carbocycles. The highest BCUT2D eigenvalue weighted by molar-refractivity contribution is 6.31. The van der Waals surface area contributed by atoms with Crippen LogP contribution >= 0.6 is 23.2 Å². The highest BCUT2D eigenvalue weighted by Crippen LogP contribution is 2.41. The number of nitrogens with zero attached hydrogens (tertiary/aromatic N) is 1. The van der Waals surface area contributed by atoms with Crippen LogP contribution in [0.1, 0.15) is 38.7 Å². The lowest BCUT2D eigenvalue weighted by molar-refractivity contribution is -0.274. The Labute approximate surface area is 203 Å². The van der Waals surface area contributed by atoms with Crippen LogP contribution in [0.25, 0.3) is 0 Å². The Morgan fingerprint density at radius 3 is 2.29 bits per heavy atom. The molecular weight excluding hydrogens is 492 g/mol. The molecule has 2 unspecified atom stereocenters. The number of ether oxygens (including phenoxy) is 1. The van der Waals surface area contributed by atoms with Gasteiger partial charge >= 0.3 is 6.36 Å². The van der Waals surface area contributed by atoms with Gasteiger partial charge in [0.05, 0.1) is 11.7 Å². The molecule has 0 fully saturated rings. The predicted octanol–water partition coefficient (Wildman–Crippen LogP) is 6.33. The van der Waals surface area contributed by atoms with Crippen LogP contribution in [0.4, 0.5) is 18.9 Å². The van der Waals surface area contributed by atoms with Gasteiger partial charge in [-0.05, 0) is 54.1 Å². The van der Waals surface area contributed by atoms with Crippen LogP contribution in [0.5, 0.6) is 5.75 Å². The molecule has 176 valence electrons. The molecular formula is C24H17Cl2F3N2O3. The lowest BCUT2D eigenvalue weighted by Gasteiger charge is -2.38. The van der Waals surface area contributed by atoms with Crippen LogP contribution in [-0.4, -0.2) is 23.7 Å².